The van der Waals surface area contributed by atoms with Crippen molar-refractivity contribution in [3.05, 3.63) is 29.6 Å². The number of alkyl halides is 4. The number of thioether (sulfide) groups is 1. The van der Waals surface area contributed by atoms with Gasteiger partial charge in [0.05, 0.1) is 5.33 Å². The maximum Gasteiger partial charge on any atom is 0.446 e. The van der Waals surface area contributed by atoms with Crippen molar-refractivity contribution in [3.8, 4) is 0 Å². The lowest BCUT2D eigenvalue weighted by atomic mass is 10.1. The lowest BCUT2D eigenvalue weighted by Crippen LogP contribution is -2.06. The molecular formula is C10H7BrF4OS. The van der Waals surface area contributed by atoms with Crippen LogP contribution in [0, 0.1) is 5.82 Å². The van der Waals surface area contributed by atoms with E-state index in [0.717, 1.165) is 12.1 Å². The van der Waals surface area contributed by atoms with Gasteiger partial charge in [-0.15, -0.1) is 0 Å². The van der Waals surface area contributed by atoms with Crippen LogP contribution in [0.2, 0.25) is 0 Å². The monoisotopic (exact) mass is 330 g/mol. The number of Topliss-reactive ketones (excluding diaryl/α,β-unsaturated/α-hetero) is 1. The summed E-state index contributed by atoms with van der Waals surface area (Å²) in [4.78, 5) is 10.8. The minimum Gasteiger partial charge on any atom is -0.298 e. The first kappa shape index (κ1) is 14.5. The second kappa shape index (κ2) is 5.86. The number of hydrogen-bond donors (Lipinski definition) is 0. The summed E-state index contributed by atoms with van der Waals surface area (Å²) >= 11 is 2.54. The molecule has 0 aliphatic carbocycles. The molecular weight excluding hydrogens is 324 g/mol. The average molecular weight is 331 g/mol. The van der Waals surface area contributed by atoms with Crippen LogP contribution >= 0.6 is 27.7 Å². The van der Waals surface area contributed by atoms with Gasteiger partial charge in [0.15, 0.2) is 0 Å². The van der Waals surface area contributed by atoms with Gasteiger partial charge in [0, 0.05) is 11.3 Å². The van der Waals surface area contributed by atoms with E-state index in [1.54, 1.807) is 0 Å². The zero-order valence-electron chi connectivity index (χ0n) is 8.35. The predicted molar refractivity (Wildman–Crippen MR) is 60.8 cm³/mol. The Morgan fingerprint density at radius 1 is 1.35 bits per heavy atom. The second-order valence-corrected chi connectivity index (χ2v) is 4.85. The summed E-state index contributed by atoms with van der Waals surface area (Å²) < 4.78 is 49.4. The van der Waals surface area contributed by atoms with Crippen LogP contribution in [0.25, 0.3) is 0 Å². The highest BCUT2D eigenvalue weighted by molar-refractivity contribution is 9.09. The first-order valence-corrected chi connectivity index (χ1v) is 6.37. The average Bonchev–Trinajstić information content (AvgIpc) is 2.19. The van der Waals surface area contributed by atoms with E-state index in [1.165, 1.54) is 6.07 Å². The quantitative estimate of drug-likeness (QED) is 0.472. The standard InChI is InChI=1S/C10H7BrF4OS/c11-5-7(16)3-6-1-2-8(4-9(6)12)17-10(13,14)15/h1-2,4H,3,5H2. The van der Waals surface area contributed by atoms with Crippen LogP contribution in [-0.4, -0.2) is 16.6 Å². The number of carbonyl (C=O) groups excluding carboxylic acids is 1. The molecule has 7 heteroatoms. The fraction of sp³-hybridized carbons (Fsp3) is 0.300. The van der Waals surface area contributed by atoms with Gasteiger partial charge in [0.1, 0.15) is 11.6 Å². The van der Waals surface area contributed by atoms with Crippen molar-refractivity contribution in [1.29, 1.82) is 0 Å². The molecule has 1 nitrogen and oxygen atoms in total. The van der Waals surface area contributed by atoms with Gasteiger partial charge >= 0.3 is 5.51 Å². The molecule has 0 bridgehead atoms. The van der Waals surface area contributed by atoms with Gasteiger partial charge in [-0.1, -0.05) is 22.0 Å². The minimum atomic E-state index is -4.44. The fourth-order valence-electron chi connectivity index (χ4n) is 1.13. The zero-order chi connectivity index (χ0) is 13.1. The van der Waals surface area contributed by atoms with E-state index in [-0.39, 0.29) is 39.8 Å². The highest BCUT2D eigenvalue weighted by atomic mass is 79.9. The number of hydrogen-bond acceptors (Lipinski definition) is 2. The lowest BCUT2D eigenvalue weighted by Gasteiger charge is -2.07. The Labute approximate surface area is 108 Å². The summed E-state index contributed by atoms with van der Waals surface area (Å²) in [5.41, 5.74) is -4.35. The first-order valence-electron chi connectivity index (χ1n) is 4.43. The summed E-state index contributed by atoms with van der Waals surface area (Å²) in [7, 11) is 0. The molecule has 0 unspecified atom stereocenters. The number of carbonyl (C=O) groups is 1. The van der Waals surface area contributed by atoms with Crippen molar-refractivity contribution >= 4 is 33.5 Å². The lowest BCUT2D eigenvalue weighted by molar-refractivity contribution is -0.115. The van der Waals surface area contributed by atoms with Crippen molar-refractivity contribution in [2.75, 3.05) is 5.33 Å². The van der Waals surface area contributed by atoms with E-state index in [4.69, 9.17) is 0 Å². The molecule has 17 heavy (non-hydrogen) atoms. The molecule has 0 aliphatic heterocycles. The molecule has 0 radical (unpaired) electrons. The molecule has 0 atom stereocenters. The number of ketones is 1. The third kappa shape index (κ3) is 5.08. The molecule has 0 heterocycles. The molecule has 1 rings (SSSR count). The van der Waals surface area contributed by atoms with Crippen LogP contribution in [0.3, 0.4) is 0 Å². The SMILES string of the molecule is O=C(CBr)Cc1ccc(SC(F)(F)F)cc1F. The number of rotatable bonds is 4. The summed E-state index contributed by atoms with van der Waals surface area (Å²) in [6, 6.07) is 3.14. The van der Waals surface area contributed by atoms with Crippen LogP contribution in [0.1, 0.15) is 5.56 Å². The predicted octanol–water partition coefficient (Wildman–Crippen LogP) is 3.94. The van der Waals surface area contributed by atoms with Crippen LogP contribution in [0.15, 0.2) is 23.1 Å². The Morgan fingerprint density at radius 2 is 2.00 bits per heavy atom. The molecule has 0 saturated heterocycles. The van der Waals surface area contributed by atoms with Gasteiger partial charge in [-0.3, -0.25) is 4.79 Å². The van der Waals surface area contributed by atoms with E-state index in [1.807, 2.05) is 0 Å². The van der Waals surface area contributed by atoms with Gasteiger partial charge in [0.2, 0.25) is 0 Å². The number of halogens is 5. The Balaban J connectivity index is 2.83. The van der Waals surface area contributed by atoms with Crippen LogP contribution in [0.4, 0.5) is 17.6 Å². The van der Waals surface area contributed by atoms with Gasteiger partial charge in [-0.05, 0) is 29.5 Å². The largest absolute Gasteiger partial charge is 0.446 e. The van der Waals surface area contributed by atoms with Crippen molar-refractivity contribution < 1.29 is 22.4 Å². The van der Waals surface area contributed by atoms with Gasteiger partial charge in [-0.2, -0.15) is 13.2 Å². The summed E-state index contributed by atoms with van der Waals surface area (Å²) in [6.07, 6.45) is -0.131. The van der Waals surface area contributed by atoms with Gasteiger partial charge < -0.3 is 0 Å². The van der Waals surface area contributed by atoms with E-state index >= 15 is 0 Å². The molecule has 1 aromatic rings. The van der Waals surface area contributed by atoms with E-state index in [9.17, 15) is 22.4 Å². The first-order chi connectivity index (χ1) is 7.81. The highest BCUT2D eigenvalue weighted by Gasteiger charge is 2.29. The zero-order valence-corrected chi connectivity index (χ0v) is 10.8. The van der Waals surface area contributed by atoms with E-state index < -0.39 is 11.3 Å². The van der Waals surface area contributed by atoms with Crippen LogP contribution in [-0.2, 0) is 11.2 Å². The molecule has 0 amide bonds. The third-order valence-electron chi connectivity index (χ3n) is 1.79. The molecule has 0 saturated carbocycles. The summed E-state index contributed by atoms with van der Waals surface area (Å²) in [6.45, 7) is 0. The molecule has 0 aliphatic rings. The highest BCUT2D eigenvalue weighted by Crippen LogP contribution is 2.37. The molecule has 0 N–H and O–H groups in total. The summed E-state index contributed by atoms with van der Waals surface area (Å²) in [5, 5.41) is 0.0888. The maximum absolute atomic E-state index is 13.4. The Morgan fingerprint density at radius 3 is 2.47 bits per heavy atom. The smallest absolute Gasteiger partial charge is 0.298 e. The molecule has 0 spiro atoms. The topological polar surface area (TPSA) is 17.1 Å². The minimum absolute atomic E-state index is 0.0888. The van der Waals surface area contributed by atoms with Crippen LogP contribution in [0.5, 0.6) is 0 Å². The molecule has 1 aromatic carbocycles. The second-order valence-electron chi connectivity index (χ2n) is 3.15. The van der Waals surface area contributed by atoms with Crippen molar-refractivity contribution in [3.63, 3.8) is 0 Å². The normalized spacial score (nSPS) is 11.6. The van der Waals surface area contributed by atoms with Crippen molar-refractivity contribution in [2.45, 2.75) is 16.8 Å². The summed E-state index contributed by atoms with van der Waals surface area (Å²) in [5.74, 6) is -1.03. The molecule has 0 fully saturated rings. The maximum atomic E-state index is 13.4. The van der Waals surface area contributed by atoms with Crippen molar-refractivity contribution in [2.24, 2.45) is 0 Å². The Hall–Kier alpha value is -0.560. The van der Waals surface area contributed by atoms with Crippen LogP contribution < -0.4 is 0 Å². The number of benzene rings is 1. The third-order valence-corrected chi connectivity index (χ3v) is 3.14. The van der Waals surface area contributed by atoms with E-state index in [2.05, 4.69) is 15.9 Å². The fourth-order valence-corrected chi connectivity index (χ4v) is 1.89. The Kier molecular flexibility index (Phi) is 5.00. The van der Waals surface area contributed by atoms with Crippen molar-refractivity contribution in [1.82, 2.24) is 0 Å². The molecule has 0 aromatic heterocycles. The van der Waals surface area contributed by atoms with Gasteiger partial charge in [-0.25, -0.2) is 4.39 Å². The Bertz CT molecular complexity index is 419. The van der Waals surface area contributed by atoms with Gasteiger partial charge in [0.25, 0.3) is 0 Å². The van der Waals surface area contributed by atoms with E-state index in [0.29, 0.717) is 0 Å². The molecule has 94 valence electrons.